The van der Waals surface area contributed by atoms with E-state index < -0.39 is 17.8 Å². The summed E-state index contributed by atoms with van der Waals surface area (Å²) in [6.45, 7) is 1.68. The van der Waals surface area contributed by atoms with E-state index in [0.717, 1.165) is 4.90 Å². The number of carbonyl (C=O) groups is 3. The predicted octanol–water partition coefficient (Wildman–Crippen LogP) is 4.09. The average molecular weight is 480 g/mol. The number of imide groups is 2. The SMILES string of the molecule is COc1cc(Br)c(/C=C2\C(=O)NC(=O)N(c3cccc(Cl)c3C)C2=O)cc1OC. The van der Waals surface area contributed by atoms with Gasteiger partial charge in [-0.1, -0.05) is 33.6 Å². The summed E-state index contributed by atoms with van der Waals surface area (Å²) in [5.74, 6) is -0.652. The first-order valence-corrected chi connectivity index (χ1v) is 9.53. The van der Waals surface area contributed by atoms with Gasteiger partial charge >= 0.3 is 6.03 Å². The van der Waals surface area contributed by atoms with Crippen LogP contribution in [0.2, 0.25) is 5.02 Å². The van der Waals surface area contributed by atoms with Gasteiger partial charge in [0.15, 0.2) is 11.5 Å². The van der Waals surface area contributed by atoms with E-state index in [1.807, 2.05) is 0 Å². The third-order valence-electron chi connectivity index (χ3n) is 4.38. The van der Waals surface area contributed by atoms with Crippen molar-refractivity contribution in [3.63, 3.8) is 0 Å². The number of hydrogen-bond acceptors (Lipinski definition) is 5. The van der Waals surface area contributed by atoms with Crippen LogP contribution in [0.25, 0.3) is 6.08 Å². The van der Waals surface area contributed by atoms with Gasteiger partial charge in [-0.05, 0) is 48.4 Å². The lowest BCUT2D eigenvalue weighted by molar-refractivity contribution is -0.122. The summed E-state index contributed by atoms with van der Waals surface area (Å²) in [5.41, 5.74) is 1.12. The molecule has 0 bridgehead atoms. The number of nitrogens with one attached hydrogen (secondary N) is 1. The van der Waals surface area contributed by atoms with Gasteiger partial charge in [0.05, 0.1) is 19.9 Å². The number of barbiturate groups is 1. The number of benzene rings is 2. The van der Waals surface area contributed by atoms with E-state index >= 15 is 0 Å². The lowest BCUT2D eigenvalue weighted by atomic mass is 10.1. The van der Waals surface area contributed by atoms with E-state index in [-0.39, 0.29) is 5.57 Å². The van der Waals surface area contributed by atoms with Crippen molar-refractivity contribution in [2.75, 3.05) is 19.1 Å². The Bertz CT molecular complexity index is 1070. The Morgan fingerprint density at radius 1 is 1.10 bits per heavy atom. The molecule has 2 aromatic carbocycles. The Kier molecular flexibility index (Phi) is 5.95. The van der Waals surface area contributed by atoms with E-state index in [1.54, 1.807) is 37.3 Å². The van der Waals surface area contributed by atoms with Gasteiger partial charge in [0, 0.05) is 9.50 Å². The second kappa shape index (κ2) is 8.26. The maximum absolute atomic E-state index is 13.1. The van der Waals surface area contributed by atoms with E-state index in [2.05, 4.69) is 21.2 Å². The molecule has 7 nitrogen and oxygen atoms in total. The quantitative estimate of drug-likeness (QED) is 0.527. The van der Waals surface area contributed by atoms with Crippen LogP contribution in [0.5, 0.6) is 11.5 Å². The zero-order valence-corrected chi connectivity index (χ0v) is 18.1. The number of methoxy groups -OCH3 is 2. The van der Waals surface area contributed by atoms with Crippen molar-refractivity contribution >= 4 is 57.1 Å². The van der Waals surface area contributed by atoms with Crippen LogP contribution >= 0.6 is 27.5 Å². The summed E-state index contributed by atoms with van der Waals surface area (Å²) in [4.78, 5) is 38.7. The van der Waals surface area contributed by atoms with Crippen molar-refractivity contribution in [3.8, 4) is 11.5 Å². The summed E-state index contributed by atoms with van der Waals surface area (Å²) < 4.78 is 11.1. The number of halogens is 2. The molecule has 0 spiro atoms. The molecule has 0 atom stereocenters. The molecule has 0 aliphatic carbocycles. The third kappa shape index (κ3) is 3.86. The Morgan fingerprint density at radius 3 is 2.41 bits per heavy atom. The number of nitrogens with zero attached hydrogens (tertiary/aromatic N) is 1. The van der Waals surface area contributed by atoms with Crippen LogP contribution in [0.1, 0.15) is 11.1 Å². The minimum absolute atomic E-state index is 0.211. The average Bonchev–Trinajstić information content (AvgIpc) is 2.68. The molecule has 150 valence electrons. The van der Waals surface area contributed by atoms with Crippen molar-refractivity contribution in [1.29, 1.82) is 0 Å². The maximum atomic E-state index is 13.1. The highest BCUT2D eigenvalue weighted by Crippen LogP contribution is 2.35. The fourth-order valence-corrected chi connectivity index (χ4v) is 3.46. The smallest absolute Gasteiger partial charge is 0.335 e. The lowest BCUT2D eigenvalue weighted by Crippen LogP contribution is -2.54. The summed E-state index contributed by atoms with van der Waals surface area (Å²) in [6.07, 6.45) is 1.38. The first-order valence-electron chi connectivity index (χ1n) is 8.36. The number of urea groups is 1. The number of ether oxygens (including phenoxy) is 2. The van der Waals surface area contributed by atoms with Crippen LogP contribution in [0.4, 0.5) is 10.5 Å². The summed E-state index contributed by atoms with van der Waals surface area (Å²) in [6, 6.07) is 7.28. The number of anilines is 1. The molecule has 1 N–H and O–H groups in total. The third-order valence-corrected chi connectivity index (χ3v) is 5.48. The summed E-state index contributed by atoms with van der Waals surface area (Å²) in [5, 5.41) is 2.59. The molecular formula is C20H16BrClN2O5. The van der Waals surface area contributed by atoms with Gasteiger partial charge in [0.1, 0.15) is 5.57 Å². The Balaban J connectivity index is 2.10. The van der Waals surface area contributed by atoms with Crippen LogP contribution in [0.15, 0.2) is 40.4 Å². The monoisotopic (exact) mass is 478 g/mol. The van der Waals surface area contributed by atoms with Crippen LogP contribution in [-0.2, 0) is 9.59 Å². The van der Waals surface area contributed by atoms with Crippen molar-refractivity contribution in [2.24, 2.45) is 0 Å². The fraction of sp³-hybridized carbons (Fsp3) is 0.150. The highest BCUT2D eigenvalue weighted by molar-refractivity contribution is 9.10. The van der Waals surface area contributed by atoms with E-state index in [4.69, 9.17) is 21.1 Å². The molecule has 1 saturated heterocycles. The van der Waals surface area contributed by atoms with Crippen molar-refractivity contribution in [1.82, 2.24) is 5.32 Å². The first-order chi connectivity index (χ1) is 13.8. The molecular weight excluding hydrogens is 464 g/mol. The Morgan fingerprint density at radius 2 is 1.76 bits per heavy atom. The Hall–Kier alpha value is -2.84. The van der Waals surface area contributed by atoms with Crippen molar-refractivity contribution in [3.05, 3.63) is 56.5 Å². The lowest BCUT2D eigenvalue weighted by Gasteiger charge is -2.27. The van der Waals surface area contributed by atoms with E-state index in [0.29, 0.717) is 37.8 Å². The molecule has 29 heavy (non-hydrogen) atoms. The number of rotatable bonds is 4. The minimum Gasteiger partial charge on any atom is -0.493 e. The normalized spacial score (nSPS) is 15.6. The van der Waals surface area contributed by atoms with Gasteiger partial charge in [0.25, 0.3) is 11.8 Å². The zero-order valence-electron chi connectivity index (χ0n) is 15.7. The fourth-order valence-electron chi connectivity index (χ4n) is 2.85. The standard InChI is InChI=1S/C20H16BrClN2O5/c1-10-14(22)5-4-6-15(10)24-19(26)12(18(25)23-20(24)27)7-11-8-16(28-2)17(29-3)9-13(11)21/h4-9H,1-3H3,(H,23,25,27)/b12-7+. The van der Waals surface area contributed by atoms with Gasteiger partial charge in [-0.25, -0.2) is 9.69 Å². The molecule has 3 rings (SSSR count). The molecule has 9 heteroatoms. The van der Waals surface area contributed by atoms with Gasteiger partial charge in [0.2, 0.25) is 0 Å². The summed E-state index contributed by atoms with van der Waals surface area (Å²) in [7, 11) is 2.97. The first kappa shape index (κ1) is 20.9. The molecule has 2 aromatic rings. The molecule has 0 radical (unpaired) electrons. The van der Waals surface area contributed by atoms with Crippen molar-refractivity contribution in [2.45, 2.75) is 6.92 Å². The van der Waals surface area contributed by atoms with Crippen LogP contribution in [-0.4, -0.2) is 32.1 Å². The van der Waals surface area contributed by atoms with Crippen LogP contribution in [0, 0.1) is 6.92 Å². The van der Waals surface area contributed by atoms with Gasteiger partial charge in [-0.2, -0.15) is 0 Å². The molecule has 1 heterocycles. The molecule has 0 saturated carbocycles. The molecule has 4 amide bonds. The van der Waals surface area contributed by atoms with E-state index in [9.17, 15) is 14.4 Å². The largest absolute Gasteiger partial charge is 0.493 e. The zero-order chi connectivity index (χ0) is 21.3. The van der Waals surface area contributed by atoms with E-state index in [1.165, 1.54) is 20.3 Å². The van der Waals surface area contributed by atoms with Gasteiger partial charge in [-0.3, -0.25) is 14.9 Å². The molecule has 1 aliphatic rings. The van der Waals surface area contributed by atoms with Crippen LogP contribution in [0.3, 0.4) is 0 Å². The van der Waals surface area contributed by atoms with Gasteiger partial charge in [-0.15, -0.1) is 0 Å². The molecule has 1 fully saturated rings. The van der Waals surface area contributed by atoms with Crippen molar-refractivity contribution < 1.29 is 23.9 Å². The molecule has 1 aliphatic heterocycles. The number of amides is 4. The number of hydrogen-bond donors (Lipinski definition) is 1. The highest BCUT2D eigenvalue weighted by Gasteiger charge is 2.37. The summed E-state index contributed by atoms with van der Waals surface area (Å²) >= 11 is 9.51. The minimum atomic E-state index is -0.839. The second-order valence-electron chi connectivity index (χ2n) is 6.07. The number of carbonyl (C=O) groups excluding carboxylic acids is 3. The highest BCUT2D eigenvalue weighted by atomic mass is 79.9. The molecule has 0 aromatic heterocycles. The Labute approximate surface area is 180 Å². The maximum Gasteiger partial charge on any atom is 0.335 e. The topological polar surface area (TPSA) is 84.9 Å². The van der Waals surface area contributed by atoms with Gasteiger partial charge < -0.3 is 9.47 Å². The second-order valence-corrected chi connectivity index (χ2v) is 7.33. The predicted molar refractivity (Wildman–Crippen MR) is 112 cm³/mol. The molecule has 0 unspecified atom stereocenters. The van der Waals surface area contributed by atoms with Crippen LogP contribution < -0.4 is 19.7 Å².